The highest BCUT2D eigenvalue weighted by atomic mass is 16.4. The number of benzene rings is 10. The summed E-state index contributed by atoms with van der Waals surface area (Å²) in [5, 5.41) is 9.82. The van der Waals surface area contributed by atoms with Gasteiger partial charge in [-0.05, 0) is 83.6 Å². The van der Waals surface area contributed by atoms with Gasteiger partial charge in [0, 0.05) is 65.9 Å². The van der Waals surface area contributed by atoms with Crippen LogP contribution in [0.5, 0.6) is 0 Å². The Morgan fingerprint density at radius 3 is 1.17 bits per heavy atom. The maximum Gasteiger partial charge on any atom is 0.227 e. The molecule has 0 radical (unpaired) electrons. The van der Waals surface area contributed by atoms with Crippen LogP contribution in [0.4, 0.5) is 0 Å². The summed E-state index contributed by atoms with van der Waals surface area (Å²) < 4.78 is 17.7. The van der Waals surface area contributed by atoms with Gasteiger partial charge in [0.2, 0.25) is 11.8 Å². The molecular weight excluding hydrogens is 785 g/mol. The van der Waals surface area contributed by atoms with Crippen molar-refractivity contribution in [3.8, 4) is 45.4 Å². The van der Waals surface area contributed by atoms with E-state index in [1.807, 2.05) is 24.3 Å². The van der Waals surface area contributed by atoms with Gasteiger partial charge in [0.05, 0.1) is 22.1 Å². The molecule has 10 aromatic carbocycles. The number of hydrogen-bond acceptors (Lipinski definition) is 4. The van der Waals surface area contributed by atoms with Gasteiger partial charge >= 0.3 is 0 Å². The number of aromatic nitrogens is 4. The zero-order valence-corrected chi connectivity index (χ0v) is 34.2. The molecule has 0 aliphatic rings. The van der Waals surface area contributed by atoms with Crippen LogP contribution in [0.15, 0.2) is 215 Å². The van der Waals surface area contributed by atoms with E-state index in [-0.39, 0.29) is 0 Å². The number of hydrogen-bond donors (Lipinski definition) is 0. The van der Waals surface area contributed by atoms with Crippen molar-refractivity contribution < 1.29 is 8.83 Å². The quantitative estimate of drug-likeness (QED) is 0.174. The molecule has 0 fully saturated rings. The zero-order chi connectivity index (χ0) is 41.9. The number of fused-ring (bicyclic) bond motifs is 12. The highest BCUT2D eigenvalue weighted by Gasteiger charge is 2.20. The smallest absolute Gasteiger partial charge is 0.227 e. The van der Waals surface area contributed by atoms with Crippen molar-refractivity contribution in [1.82, 2.24) is 19.1 Å². The Morgan fingerprint density at radius 2 is 0.719 bits per heavy atom. The third kappa shape index (κ3) is 5.08. The Labute approximate surface area is 365 Å². The SMILES string of the molecule is c1ccc2c(c1)ccc1c3ccccc3n(-c3ccc(-c4nc5c(-c6cccc7oc(-c8ccc(-n9c%10ccccc%10c%10ccc%11ccccc%11c%109)cc8)nc67)cccc5o4)cc3)c21. The highest BCUT2D eigenvalue weighted by molar-refractivity contribution is 6.20. The van der Waals surface area contributed by atoms with Gasteiger partial charge in [-0.25, -0.2) is 9.97 Å². The molecule has 298 valence electrons. The molecule has 0 saturated carbocycles. The standard InChI is InChI=1S/C58H34N4O2/c1-3-13-41-35(11-1)27-33-47-43-15-5-7-19-49(43)61(55(41)47)39-29-23-37(24-30-39)57-59-53-45(17-9-21-51(53)63-57)46-18-10-22-52-54(46)60-58(64-52)38-25-31-40(32-26-38)62-50-20-8-6-16-44(50)48-34-28-36-12-2-4-14-42(36)56(48)62/h1-34H. The molecule has 4 heterocycles. The van der Waals surface area contributed by atoms with Crippen molar-refractivity contribution >= 4 is 87.4 Å². The molecule has 0 atom stereocenters. The summed E-state index contributed by atoms with van der Waals surface area (Å²) in [4.78, 5) is 10.3. The van der Waals surface area contributed by atoms with Gasteiger partial charge in [0.25, 0.3) is 0 Å². The van der Waals surface area contributed by atoms with Crippen LogP contribution in [-0.2, 0) is 0 Å². The Bertz CT molecular complexity index is 3910. The van der Waals surface area contributed by atoms with Crippen LogP contribution in [-0.4, -0.2) is 19.1 Å². The highest BCUT2D eigenvalue weighted by Crippen LogP contribution is 2.41. The lowest BCUT2D eigenvalue weighted by Crippen LogP contribution is -1.94. The van der Waals surface area contributed by atoms with Crippen LogP contribution in [0.2, 0.25) is 0 Å². The fourth-order valence-corrected chi connectivity index (χ4v) is 10.1. The van der Waals surface area contributed by atoms with Gasteiger partial charge in [0.15, 0.2) is 11.2 Å². The predicted molar refractivity (Wildman–Crippen MR) is 262 cm³/mol. The minimum absolute atomic E-state index is 0.561. The third-order valence-electron chi connectivity index (χ3n) is 13.0. The third-order valence-corrected chi connectivity index (χ3v) is 13.0. The van der Waals surface area contributed by atoms with E-state index in [0.717, 1.165) is 44.7 Å². The van der Waals surface area contributed by atoms with Crippen LogP contribution < -0.4 is 0 Å². The first-order valence-electron chi connectivity index (χ1n) is 21.6. The molecule has 0 N–H and O–H groups in total. The van der Waals surface area contributed by atoms with Crippen LogP contribution in [0.1, 0.15) is 0 Å². The van der Waals surface area contributed by atoms with E-state index in [4.69, 9.17) is 18.8 Å². The van der Waals surface area contributed by atoms with Gasteiger partial charge in [-0.1, -0.05) is 133 Å². The van der Waals surface area contributed by atoms with E-state index in [0.29, 0.717) is 22.9 Å². The lowest BCUT2D eigenvalue weighted by Gasteiger charge is -2.10. The normalized spacial score (nSPS) is 12.1. The molecule has 0 amide bonds. The summed E-state index contributed by atoms with van der Waals surface area (Å²) in [5.41, 5.74) is 13.5. The molecule has 0 unspecified atom stereocenters. The molecular formula is C58H34N4O2. The molecule has 0 saturated heterocycles. The Morgan fingerprint density at radius 1 is 0.312 bits per heavy atom. The lowest BCUT2D eigenvalue weighted by molar-refractivity contribution is 0.619. The molecule has 6 nitrogen and oxygen atoms in total. The number of nitrogens with zero attached hydrogens (tertiary/aromatic N) is 4. The Kier molecular flexibility index (Phi) is 7.30. The first-order valence-corrected chi connectivity index (χ1v) is 21.6. The number of rotatable bonds is 5. The average Bonchev–Trinajstić information content (AvgIpc) is 4.15. The summed E-state index contributed by atoms with van der Waals surface area (Å²) in [6, 6.07) is 72.6. The maximum absolute atomic E-state index is 6.49. The van der Waals surface area contributed by atoms with E-state index < -0.39 is 0 Å². The van der Waals surface area contributed by atoms with E-state index in [1.54, 1.807) is 0 Å². The number of para-hydroxylation sites is 4. The van der Waals surface area contributed by atoms with Crippen LogP contribution in [0, 0.1) is 0 Å². The topological polar surface area (TPSA) is 61.9 Å². The second-order valence-corrected chi connectivity index (χ2v) is 16.5. The summed E-state index contributed by atoms with van der Waals surface area (Å²) >= 11 is 0. The molecule has 64 heavy (non-hydrogen) atoms. The Hall–Kier alpha value is -8.74. The summed E-state index contributed by atoms with van der Waals surface area (Å²) in [5.74, 6) is 1.12. The fraction of sp³-hybridized carbons (Fsp3) is 0. The Balaban J connectivity index is 0.828. The summed E-state index contributed by atoms with van der Waals surface area (Å²) in [6.07, 6.45) is 0. The molecule has 4 aromatic heterocycles. The fourth-order valence-electron chi connectivity index (χ4n) is 10.1. The van der Waals surface area contributed by atoms with E-state index in [2.05, 4.69) is 191 Å². The first kappa shape index (κ1) is 34.9. The molecule has 0 aliphatic carbocycles. The largest absolute Gasteiger partial charge is 0.436 e. The minimum atomic E-state index is 0.561. The van der Waals surface area contributed by atoms with Crippen LogP contribution in [0.3, 0.4) is 0 Å². The molecule has 14 rings (SSSR count). The van der Waals surface area contributed by atoms with Crippen LogP contribution >= 0.6 is 0 Å². The summed E-state index contributed by atoms with van der Waals surface area (Å²) in [7, 11) is 0. The van der Waals surface area contributed by atoms with Crippen molar-refractivity contribution in [3.05, 3.63) is 206 Å². The lowest BCUT2D eigenvalue weighted by atomic mass is 10.0. The van der Waals surface area contributed by atoms with Crippen molar-refractivity contribution in [2.24, 2.45) is 0 Å². The van der Waals surface area contributed by atoms with Gasteiger partial charge < -0.3 is 18.0 Å². The second kappa shape index (κ2) is 13.4. The van der Waals surface area contributed by atoms with Gasteiger partial charge in [-0.2, -0.15) is 0 Å². The van der Waals surface area contributed by atoms with Crippen molar-refractivity contribution in [1.29, 1.82) is 0 Å². The minimum Gasteiger partial charge on any atom is -0.436 e. The monoisotopic (exact) mass is 818 g/mol. The first-order chi connectivity index (χ1) is 31.7. The average molecular weight is 819 g/mol. The van der Waals surface area contributed by atoms with E-state index in [1.165, 1.54) is 65.2 Å². The van der Waals surface area contributed by atoms with Gasteiger partial charge in [0.1, 0.15) is 11.0 Å². The van der Waals surface area contributed by atoms with Crippen molar-refractivity contribution in [2.75, 3.05) is 0 Å². The van der Waals surface area contributed by atoms with Crippen LogP contribution in [0.25, 0.3) is 133 Å². The second-order valence-electron chi connectivity index (χ2n) is 16.5. The van der Waals surface area contributed by atoms with Gasteiger partial charge in [-0.3, -0.25) is 0 Å². The molecule has 14 aromatic rings. The number of oxazole rings is 2. The van der Waals surface area contributed by atoms with E-state index in [9.17, 15) is 0 Å². The van der Waals surface area contributed by atoms with Crippen molar-refractivity contribution in [2.45, 2.75) is 0 Å². The summed E-state index contributed by atoms with van der Waals surface area (Å²) in [6.45, 7) is 0. The maximum atomic E-state index is 6.49. The molecule has 0 bridgehead atoms. The zero-order valence-electron chi connectivity index (χ0n) is 34.2. The predicted octanol–water partition coefficient (Wildman–Crippen LogP) is 15.5. The van der Waals surface area contributed by atoms with Crippen molar-refractivity contribution in [3.63, 3.8) is 0 Å². The molecule has 6 heteroatoms. The van der Waals surface area contributed by atoms with Gasteiger partial charge in [-0.15, -0.1) is 0 Å². The molecule has 0 aliphatic heterocycles. The molecule has 0 spiro atoms. The van der Waals surface area contributed by atoms with E-state index >= 15 is 0 Å².